The number of ether oxygens (including phenoxy) is 1. The Bertz CT molecular complexity index is 1180. The van der Waals surface area contributed by atoms with E-state index in [1.54, 1.807) is 29.8 Å². The Hall–Kier alpha value is -3.10. The van der Waals surface area contributed by atoms with Crippen molar-refractivity contribution in [3.63, 3.8) is 0 Å². The van der Waals surface area contributed by atoms with Crippen molar-refractivity contribution in [2.45, 2.75) is 19.6 Å². The summed E-state index contributed by atoms with van der Waals surface area (Å²) in [6.45, 7) is 5.12. The number of anilines is 2. The molecule has 1 aliphatic heterocycles. The zero-order valence-corrected chi connectivity index (χ0v) is 17.9. The highest BCUT2D eigenvalue weighted by molar-refractivity contribution is 7.17. The van der Waals surface area contributed by atoms with Crippen LogP contribution in [0.1, 0.15) is 12.5 Å². The summed E-state index contributed by atoms with van der Waals surface area (Å²) in [6.07, 6.45) is 3.68. The van der Waals surface area contributed by atoms with Crippen molar-refractivity contribution in [1.29, 1.82) is 0 Å². The van der Waals surface area contributed by atoms with E-state index in [9.17, 15) is 4.39 Å². The number of aromatic nitrogens is 3. The molecule has 158 valence electrons. The van der Waals surface area contributed by atoms with E-state index in [0.717, 1.165) is 58.2 Å². The highest BCUT2D eigenvalue weighted by Crippen LogP contribution is 2.36. The predicted molar refractivity (Wildman–Crippen MR) is 122 cm³/mol. The van der Waals surface area contributed by atoms with Crippen LogP contribution in [0.3, 0.4) is 0 Å². The molecule has 4 aromatic rings. The van der Waals surface area contributed by atoms with Crippen LogP contribution in [0.4, 0.5) is 16.0 Å². The van der Waals surface area contributed by atoms with Gasteiger partial charge in [0.15, 0.2) is 0 Å². The first kappa shape index (κ1) is 19.8. The molecule has 1 unspecified atom stereocenters. The molecule has 0 aliphatic carbocycles. The normalized spacial score (nSPS) is 16.6. The number of pyridine rings is 1. The largest absolute Gasteiger partial charge is 0.375 e. The van der Waals surface area contributed by atoms with Crippen LogP contribution in [0.15, 0.2) is 54.3 Å². The number of hydrogen-bond acceptors (Lipinski definition) is 7. The van der Waals surface area contributed by atoms with E-state index in [2.05, 4.69) is 44.2 Å². The summed E-state index contributed by atoms with van der Waals surface area (Å²) in [5.41, 5.74) is 3.00. The number of nitrogens with zero attached hydrogens (tertiary/aromatic N) is 4. The quantitative estimate of drug-likeness (QED) is 0.489. The molecule has 8 heteroatoms. The van der Waals surface area contributed by atoms with Gasteiger partial charge < -0.3 is 15.0 Å². The monoisotopic (exact) mass is 435 g/mol. The molecular formula is C23H22FN5OS. The Morgan fingerprint density at radius 3 is 2.81 bits per heavy atom. The minimum absolute atomic E-state index is 0.220. The lowest BCUT2D eigenvalue weighted by atomic mass is 10.1. The third-order valence-corrected chi connectivity index (χ3v) is 6.25. The summed E-state index contributed by atoms with van der Waals surface area (Å²) in [4.78, 5) is 16.6. The van der Waals surface area contributed by atoms with Gasteiger partial charge in [-0.25, -0.2) is 19.3 Å². The van der Waals surface area contributed by atoms with E-state index in [1.807, 2.05) is 11.6 Å². The van der Waals surface area contributed by atoms with Crippen LogP contribution in [-0.4, -0.2) is 40.8 Å². The first-order valence-corrected chi connectivity index (χ1v) is 11.1. The third-order valence-electron chi connectivity index (χ3n) is 5.36. The molecule has 1 saturated heterocycles. The van der Waals surface area contributed by atoms with Gasteiger partial charge in [-0.3, -0.25) is 0 Å². The van der Waals surface area contributed by atoms with E-state index in [-0.39, 0.29) is 11.9 Å². The van der Waals surface area contributed by atoms with E-state index < -0.39 is 0 Å². The second kappa shape index (κ2) is 8.56. The summed E-state index contributed by atoms with van der Waals surface area (Å²) in [5, 5.41) is 6.41. The van der Waals surface area contributed by atoms with Crippen LogP contribution in [-0.2, 0) is 11.3 Å². The molecule has 4 heterocycles. The highest BCUT2D eigenvalue weighted by Gasteiger charge is 2.18. The van der Waals surface area contributed by atoms with Crippen molar-refractivity contribution < 1.29 is 9.13 Å². The highest BCUT2D eigenvalue weighted by atomic mass is 32.1. The molecule has 0 amide bonds. The average Bonchev–Trinajstić information content (AvgIpc) is 3.23. The third kappa shape index (κ3) is 4.22. The maximum Gasteiger partial charge on any atom is 0.139 e. The van der Waals surface area contributed by atoms with Crippen LogP contribution in [0, 0.1) is 5.82 Å². The average molecular weight is 436 g/mol. The standard InChI is InChI=1S/C23H22FN5OS/c1-15-12-29(8-9-30-15)20-7-2-16(10-25-20)11-26-22-21-19(13-31-23(21)28-14-27-22)17-3-5-18(24)6-4-17/h2-7,10,13-15H,8-9,11-12H2,1H3,(H,26,27,28). The Morgan fingerprint density at radius 1 is 1.16 bits per heavy atom. The Labute approximate surface area is 183 Å². The molecule has 1 aromatic carbocycles. The molecule has 1 N–H and O–H groups in total. The Balaban J connectivity index is 1.35. The minimum Gasteiger partial charge on any atom is -0.375 e. The van der Waals surface area contributed by atoms with Gasteiger partial charge in [0.25, 0.3) is 0 Å². The fourth-order valence-corrected chi connectivity index (χ4v) is 4.69. The van der Waals surface area contributed by atoms with E-state index in [1.165, 1.54) is 12.1 Å². The SMILES string of the molecule is CC1CN(c2ccc(CNc3ncnc4scc(-c5ccc(F)cc5)c34)cn2)CCO1. The molecule has 0 saturated carbocycles. The molecule has 31 heavy (non-hydrogen) atoms. The van der Waals surface area contributed by atoms with Gasteiger partial charge in [0.1, 0.15) is 28.6 Å². The zero-order chi connectivity index (χ0) is 21.2. The fourth-order valence-electron chi connectivity index (χ4n) is 3.77. The summed E-state index contributed by atoms with van der Waals surface area (Å²) in [6, 6.07) is 10.6. The number of fused-ring (bicyclic) bond motifs is 1. The van der Waals surface area contributed by atoms with Crippen LogP contribution < -0.4 is 10.2 Å². The van der Waals surface area contributed by atoms with Crippen LogP contribution in [0.5, 0.6) is 0 Å². The molecule has 5 rings (SSSR count). The fraction of sp³-hybridized carbons (Fsp3) is 0.261. The smallest absolute Gasteiger partial charge is 0.139 e. The van der Waals surface area contributed by atoms with E-state index in [4.69, 9.17) is 4.74 Å². The topological polar surface area (TPSA) is 63.2 Å². The van der Waals surface area contributed by atoms with Crippen molar-refractivity contribution in [2.75, 3.05) is 29.9 Å². The number of nitrogens with one attached hydrogen (secondary N) is 1. The van der Waals surface area contributed by atoms with Gasteiger partial charge in [0, 0.05) is 36.8 Å². The first-order valence-electron chi connectivity index (χ1n) is 10.2. The lowest BCUT2D eigenvalue weighted by Gasteiger charge is -2.32. The lowest BCUT2D eigenvalue weighted by Crippen LogP contribution is -2.41. The Kier molecular flexibility index (Phi) is 5.48. The van der Waals surface area contributed by atoms with Crippen molar-refractivity contribution in [1.82, 2.24) is 15.0 Å². The maximum absolute atomic E-state index is 13.3. The van der Waals surface area contributed by atoms with Gasteiger partial charge in [0.2, 0.25) is 0 Å². The number of thiophene rings is 1. The van der Waals surface area contributed by atoms with Crippen LogP contribution >= 0.6 is 11.3 Å². The van der Waals surface area contributed by atoms with Crippen molar-refractivity contribution in [2.24, 2.45) is 0 Å². The minimum atomic E-state index is -0.250. The van der Waals surface area contributed by atoms with Gasteiger partial charge in [0.05, 0.1) is 18.1 Å². The van der Waals surface area contributed by atoms with Crippen LogP contribution in [0.2, 0.25) is 0 Å². The van der Waals surface area contributed by atoms with E-state index >= 15 is 0 Å². The molecule has 6 nitrogen and oxygen atoms in total. The van der Waals surface area contributed by atoms with E-state index in [0.29, 0.717) is 6.54 Å². The van der Waals surface area contributed by atoms with Crippen LogP contribution in [0.25, 0.3) is 21.3 Å². The summed E-state index contributed by atoms with van der Waals surface area (Å²) < 4.78 is 19.0. The molecule has 1 fully saturated rings. The van der Waals surface area contributed by atoms with Gasteiger partial charge in [-0.05, 0) is 36.2 Å². The van der Waals surface area contributed by atoms with Crippen molar-refractivity contribution >= 4 is 33.2 Å². The van der Waals surface area contributed by atoms with Crippen molar-refractivity contribution in [3.8, 4) is 11.1 Å². The number of morpholine rings is 1. The summed E-state index contributed by atoms with van der Waals surface area (Å²) >= 11 is 1.55. The molecule has 3 aromatic heterocycles. The first-order chi connectivity index (χ1) is 15.2. The molecule has 1 aliphatic rings. The van der Waals surface area contributed by atoms with Gasteiger partial charge in [-0.2, -0.15) is 0 Å². The number of hydrogen-bond donors (Lipinski definition) is 1. The molecular weight excluding hydrogens is 413 g/mol. The second-order valence-electron chi connectivity index (χ2n) is 7.56. The molecule has 0 spiro atoms. The second-order valence-corrected chi connectivity index (χ2v) is 8.42. The maximum atomic E-state index is 13.3. The number of halogens is 1. The number of rotatable bonds is 5. The number of benzene rings is 1. The zero-order valence-electron chi connectivity index (χ0n) is 17.1. The van der Waals surface area contributed by atoms with Gasteiger partial charge in [-0.15, -0.1) is 11.3 Å². The summed E-state index contributed by atoms with van der Waals surface area (Å²) in [5.74, 6) is 1.48. The van der Waals surface area contributed by atoms with Gasteiger partial charge in [-0.1, -0.05) is 18.2 Å². The lowest BCUT2D eigenvalue weighted by molar-refractivity contribution is 0.0529. The van der Waals surface area contributed by atoms with Gasteiger partial charge >= 0.3 is 0 Å². The predicted octanol–water partition coefficient (Wildman–Crippen LogP) is 4.73. The Morgan fingerprint density at radius 2 is 2.03 bits per heavy atom. The molecule has 0 radical (unpaired) electrons. The molecule has 1 atom stereocenters. The molecule has 0 bridgehead atoms. The summed E-state index contributed by atoms with van der Waals surface area (Å²) in [7, 11) is 0. The van der Waals surface area contributed by atoms with Crippen molar-refractivity contribution in [3.05, 3.63) is 65.7 Å².